The highest BCUT2D eigenvalue weighted by molar-refractivity contribution is 5.95. The Hall–Kier alpha value is -4.22. The van der Waals surface area contributed by atoms with Crippen molar-refractivity contribution in [2.24, 2.45) is 5.92 Å². The topological polar surface area (TPSA) is 140 Å². The van der Waals surface area contributed by atoms with Crippen molar-refractivity contribution in [1.82, 2.24) is 40.4 Å². The van der Waals surface area contributed by atoms with Gasteiger partial charge < -0.3 is 20.3 Å². The van der Waals surface area contributed by atoms with Crippen LogP contribution in [-0.2, 0) is 4.74 Å². The van der Waals surface area contributed by atoms with Crippen LogP contribution in [0.5, 0.6) is 0 Å². The van der Waals surface area contributed by atoms with E-state index < -0.39 is 67.5 Å². The lowest BCUT2D eigenvalue weighted by molar-refractivity contribution is -0.150. The van der Waals surface area contributed by atoms with Gasteiger partial charge in [0, 0.05) is 25.5 Å². The van der Waals surface area contributed by atoms with Crippen LogP contribution in [0.3, 0.4) is 0 Å². The summed E-state index contributed by atoms with van der Waals surface area (Å²) in [6.07, 6.45) is -1.50. The smallest absolute Gasteiger partial charge is 0.382 e. The molecule has 12 nitrogen and oxygen atoms in total. The zero-order chi connectivity index (χ0) is 30.9. The first-order chi connectivity index (χ1) is 20.4. The maximum Gasteiger partial charge on any atom is 0.410 e. The summed E-state index contributed by atoms with van der Waals surface area (Å²) >= 11 is 0. The summed E-state index contributed by atoms with van der Waals surface area (Å²) in [7, 11) is 1.34. The number of carbonyl (C=O) groups is 2. The van der Waals surface area contributed by atoms with E-state index in [9.17, 15) is 35.9 Å². The van der Waals surface area contributed by atoms with E-state index in [2.05, 4.69) is 30.3 Å². The van der Waals surface area contributed by atoms with Crippen molar-refractivity contribution in [3.63, 3.8) is 0 Å². The molecule has 2 aliphatic rings. The molecule has 0 spiro atoms. The van der Waals surface area contributed by atoms with Gasteiger partial charge >= 0.3 is 12.2 Å². The van der Waals surface area contributed by atoms with Gasteiger partial charge in [-0.15, -0.1) is 0 Å². The van der Waals surface area contributed by atoms with Crippen LogP contribution in [0.15, 0.2) is 29.4 Å². The summed E-state index contributed by atoms with van der Waals surface area (Å²) in [4.78, 5) is 31.1. The third kappa shape index (κ3) is 6.42. The van der Waals surface area contributed by atoms with Crippen molar-refractivity contribution < 1.29 is 45.3 Å². The van der Waals surface area contributed by atoms with E-state index in [1.165, 1.54) is 30.1 Å². The number of halogens is 6. The number of amides is 3. The van der Waals surface area contributed by atoms with E-state index in [4.69, 9.17) is 4.74 Å². The summed E-state index contributed by atoms with van der Waals surface area (Å²) < 4.78 is 91.6. The fourth-order valence-electron chi connectivity index (χ4n) is 5.34. The molecule has 3 atom stereocenters. The van der Waals surface area contributed by atoms with Gasteiger partial charge in [-0.1, -0.05) is 0 Å². The molecule has 0 bridgehead atoms. The molecule has 1 aliphatic heterocycles. The van der Waals surface area contributed by atoms with Crippen LogP contribution in [0.1, 0.15) is 65.2 Å². The number of carbonyl (C=O) groups excluding carboxylic acids is 2. The lowest BCUT2D eigenvalue weighted by Crippen LogP contribution is -2.40. The third-order valence-corrected chi connectivity index (χ3v) is 7.57. The molecule has 3 aromatic heterocycles. The number of urea groups is 1. The molecule has 18 heteroatoms. The van der Waals surface area contributed by atoms with Crippen LogP contribution >= 0.6 is 0 Å². The Balaban J connectivity index is 1.46. The van der Waals surface area contributed by atoms with E-state index in [1.807, 2.05) is 5.32 Å². The average molecular weight is 617 g/mol. The number of nitrogens with one attached hydrogen (secondary N) is 2. The Morgan fingerprint density at radius 3 is 2.70 bits per heavy atom. The Labute approximate surface area is 239 Å². The molecule has 1 saturated carbocycles. The van der Waals surface area contributed by atoms with Crippen LogP contribution < -0.4 is 10.6 Å². The van der Waals surface area contributed by atoms with Gasteiger partial charge in [0.15, 0.2) is 11.3 Å². The summed E-state index contributed by atoms with van der Waals surface area (Å²) in [5, 5.41) is 15.9. The monoisotopic (exact) mass is 616 g/mol. The lowest BCUT2D eigenvalue weighted by atomic mass is 9.81. The highest BCUT2D eigenvalue weighted by Gasteiger charge is 2.48. The first-order valence-electron chi connectivity index (χ1n) is 13.2. The third-order valence-electron chi connectivity index (χ3n) is 7.57. The molecule has 0 aromatic carbocycles. The van der Waals surface area contributed by atoms with E-state index in [-0.39, 0.29) is 48.5 Å². The number of methoxy groups -OCH3 is 1. The molecule has 3 amide bonds. The number of rotatable bonds is 9. The van der Waals surface area contributed by atoms with Gasteiger partial charge in [0.25, 0.3) is 5.91 Å². The fraction of sp³-hybridized carbons (Fsp3) is 0.520. The van der Waals surface area contributed by atoms with E-state index >= 15 is 0 Å². The lowest BCUT2D eigenvalue weighted by Gasteiger charge is -2.33. The predicted molar refractivity (Wildman–Crippen MR) is 134 cm³/mol. The number of hydrogen-bond acceptors (Lipinski definition) is 8. The van der Waals surface area contributed by atoms with Crippen molar-refractivity contribution in [2.45, 2.75) is 55.9 Å². The van der Waals surface area contributed by atoms with Crippen molar-refractivity contribution in [3.05, 3.63) is 47.4 Å². The number of alkyl halides is 5. The molecular weight excluding hydrogens is 590 g/mol. The van der Waals surface area contributed by atoms with Gasteiger partial charge in [0.05, 0.1) is 49.7 Å². The Morgan fingerprint density at radius 2 is 2.05 bits per heavy atom. The molecule has 43 heavy (non-hydrogen) atoms. The SMILES string of the molecule is COC[C@H](c1cnn2cc([C@@H](NC(=O)c3nonc3/C=C/F)C3CCC(F)(F)CC3)nc2c1)N1C[C@@H](C(F)(F)F)NC1=O. The van der Waals surface area contributed by atoms with Crippen molar-refractivity contribution in [2.75, 3.05) is 20.3 Å². The molecule has 232 valence electrons. The van der Waals surface area contributed by atoms with Gasteiger partial charge in [0.2, 0.25) is 5.92 Å². The van der Waals surface area contributed by atoms with Crippen LogP contribution in [0.2, 0.25) is 0 Å². The fourth-order valence-corrected chi connectivity index (χ4v) is 5.34. The number of nitrogens with zero attached hydrogens (tertiary/aromatic N) is 6. The summed E-state index contributed by atoms with van der Waals surface area (Å²) in [6.45, 7) is -0.780. The average Bonchev–Trinajstić information content (AvgIpc) is 3.68. The van der Waals surface area contributed by atoms with E-state index in [0.717, 1.165) is 11.0 Å². The Bertz CT molecular complexity index is 1500. The minimum absolute atomic E-state index is 0.0547. The minimum atomic E-state index is -4.64. The zero-order valence-electron chi connectivity index (χ0n) is 22.5. The molecule has 0 unspecified atom stereocenters. The van der Waals surface area contributed by atoms with Gasteiger partial charge in [-0.2, -0.15) is 18.3 Å². The second-order valence-corrected chi connectivity index (χ2v) is 10.4. The molecule has 2 fully saturated rings. The normalized spacial score (nSPS) is 21.0. The summed E-state index contributed by atoms with van der Waals surface area (Å²) in [6, 6.07) is -3.31. The quantitative estimate of drug-likeness (QED) is 0.344. The molecule has 1 aliphatic carbocycles. The molecule has 0 radical (unpaired) electrons. The Kier molecular flexibility index (Phi) is 8.31. The van der Waals surface area contributed by atoms with Crippen molar-refractivity contribution in [1.29, 1.82) is 0 Å². The number of imidazole rings is 1. The van der Waals surface area contributed by atoms with Crippen LogP contribution in [-0.4, -0.2) is 80.2 Å². The number of ether oxygens (including phenoxy) is 1. The number of aromatic nitrogens is 5. The zero-order valence-corrected chi connectivity index (χ0v) is 22.5. The maximum absolute atomic E-state index is 14.0. The van der Waals surface area contributed by atoms with Crippen molar-refractivity contribution in [3.8, 4) is 0 Å². The predicted octanol–water partition coefficient (Wildman–Crippen LogP) is 3.99. The van der Waals surface area contributed by atoms with E-state index in [1.54, 1.807) is 0 Å². The molecule has 4 heterocycles. The Morgan fingerprint density at radius 1 is 1.30 bits per heavy atom. The molecule has 2 N–H and O–H groups in total. The first kappa shape index (κ1) is 30.2. The second kappa shape index (κ2) is 11.8. The van der Waals surface area contributed by atoms with Crippen LogP contribution in [0.4, 0.5) is 31.1 Å². The van der Waals surface area contributed by atoms with Crippen LogP contribution in [0, 0.1) is 5.92 Å². The highest BCUT2D eigenvalue weighted by Crippen LogP contribution is 2.41. The van der Waals surface area contributed by atoms with Gasteiger partial charge in [0.1, 0.15) is 11.7 Å². The summed E-state index contributed by atoms with van der Waals surface area (Å²) in [5.74, 6) is -4.12. The van der Waals surface area contributed by atoms with E-state index in [0.29, 0.717) is 5.56 Å². The van der Waals surface area contributed by atoms with Gasteiger partial charge in [-0.05, 0) is 41.2 Å². The largest absolute Gasteiger partial charge is 0.410 e. The molecule has 3 aromatic rings. The first-order valence-corrected chi connectivity index (χ1v) is 13.2. The summed E-state index contributed by atoms with van der Waals surface area (Å²) in [5.41, 5.74) is 0.293. The van der Waals surface area contributed by atoms with Gasteiger partial charge in [-0.25, -0.2) is 32.1 Å². The molecule has 5 rings (SSSR count). The minimum Gasteiger partial charge on any atom is -0.382 e. The molecular formula is C25H26F6N8O4. The van der Waals surface area contributed by atoms with Crippen LogP contribution in [0.25, 0.3) is 11.7 Å². The number of hydrogen-bond donors (Lipinski definition) is 2. The standard InChI is InChI=1S/C25H26F6N8O4/c1-42-12-17(38-11-18(25(29,30)31)34-23(38)41)14-8-19-33-16(10-39(19)32-9-14)20(13-2-5-24(27,28)6-3-13)35-22(40)21-15(4-7-26)36-43-37-21/h4,7-10,13,17-18,20H,2-3,5-6,11-12H2,1H3,(H,34,41)(H,35,40)/b7-4+/t17-,18+,20+/m1/s1. The highest BCUT2D eigenvalue weighted by atomic mass is 19.4. The van der Waals surface area contributed by atoms with Gasteiger partial charge in [-0.3, -0.25) is 4.79 Å². The number of fused-ring (bicyclic) bond motifs is 1. The maximum atomic E-state index is 14.0. The second-order valence-electron chi connectivity index (χ2n) is 10.4. The molecule has 1 saturated heterocycles. The van der Waals surface area contributed by atoms with Crippen molar-refractivity contribution >= 4 is 23.7 Å².